The van der Waals surface area contributed by atoms with Gasteiger partial charge < -0.3 is 13.7 Å². The fourth-order valence-electron chi connectivity index (χ4n) is 9.01. The van der Waals surface area contributed by atoms with Crippen molar-refractivity contribution in [1.29, 1.82) is 0 Å². The summed E-state index contributed by atoms with van der Waals surface area (Å²) < 4.78 is 13.4. The van der Waals surface area contributed by atoms with Crippen LogP contribution in [0.3, 0.4) is 0 Å². The lowest BCUT2D eigenvalue weighted by Gasteiger charge is -2.27. The molecule has 0 radical (unpaired) electrons. The van der Waals surface area contributed by atoms with Crippen LogP contribution in [0, 0.1) is 0 Å². The number of anilines is 3. The van der Waals surface area contributed by atoms with Gasteiger partial charge in [0.15, 0.2) is 0 Å². The Morgan fingerprint density at radius 3 is 1.61 bits per heavy atom. The summed E-state index contributed by atoms with van der Waals surface area (Å²) in [6.45, 7) is 0. The maximum absolute atomic E-state index is 6.75. The average molecular weight is 780 g/mol. The number of hydrogen-bond donors (Lipinski definition) is 0. The van der Waals surface area contributed by atoms with Crippen molar-refractivity contribution < 1.29 is 8.83 Å². The number of furan rings is 2. The summed E-state index contributed by atoms with van der Waals surface area (Å²) in [6, 6.07) is 79.8. The van der Waals surface area contributed by atoms with Crippen molar-refractivity contribution in [3.8, 4) is 44.5 Å². The first-order valence-corrected chi connectivity index (χ1v) is 20.7. The van der Waals surface area contributed by atoms with E-state index >= 15 is 0 Å². The lowest BCUT2D eigenvalue weighted by Crippen LogP contribution is -2.10. The zero-order valence-electron chi connectivity index (χ0n) is 33.1. The van der Waals surface area contributed by atoms with Crippen LogP contribution in [-0.4, -0.2) is 0 Å². The molecule has 0 saturated carbocycles. The molecule has 2 aromatic heterocycles. The minimum absolute atomic E-state index is 0.833. The van der Waals surface area contributed by atoms with Crippen LogP contribution in [0.15, 0.2) is 233 Å². The Bertz CT molecular complexity index is 3560. The summed E-state index contributed by atoms with van der Waals surface area (Å²) in [5.41, 5.74) is 15.6. The van der Waals surface area contributed by atoms with E-state index in [4.69, 9.17) is 8.83 Å². The van der Waals surface area contributed by atoms with Crippen molar-refractivity contribution >= 4 is 71.7 Å². The molecule has 61 heavy (non-hydrogen) atoms. The van der Waals surface area contributed by atoms with E-state index in [-0.39, 0.29) is 0 Å². The second-order valence-corrected chi connectivity index (χ2v) is 15.7. The monoisotopic (exact) mass is 779 g/mol. The highest BCUT2D eigenvalue weighted by atomic mass is 16.3. The molecular formula is C58H37NO2. The molecule has 0 aliphatic heterocycles. The lowest BCUT2D eigenvalue weighted by atomic mass is 9.98. The smallest absolute Gasteiger partial charge is 0.145 e. The molecule has 2 heterocycles. The van der Waals surface area contributed by atoms with Gasteiger partial charge >= 0.3 is 0 Å². The number of fused-ring (bicyclic) bond motifs is 7. The van der Waals surface area contributed by atoms with Crippen LogP contribution in [0.25, 0.3) is 99.2 Å². The Balaban J connectivity index is 0.994. The van der Waals surface area contributed by atoms with Gasteiger partial charge in [0, 0.05) is 39.2 Å². The van der Waals surface area contributed by atoms with Gasteiger partial charge in [-0.15, -0.1) is 0 Å². The zero-order chi connectivity index (χ0) is 40.3. The Morgan fingerprint density at radius 2 is 0.836 bits per heavy atom. The summed E-state index contributed by atoms with van der Waals surface area (Å²) in [6.07, 6.45) is 0. The molecule has 12 rings (SSSR count). The molecule has 0 N–H and O–H groups in total. The van der Waals surface area contributed by atoms with E-state index in [1.54, 1.807) is 0 Å². The fourth-order valence-corrected chi connectivity index (χ4v) is 9.01. The van der Waals surface area contributed by atoms with E-state index in [0.29, 0.717) is 0 Å². The van der Waals surface area contributed by atoms with Crippen LogP contribution >= 0.6 is 0 Å². The SMILES string of the molecule is c1ccc(-c2ccc3c(c2)oc2cc(N(c4ccc(-c5ccc(-c6ccc7ccccc7c6)cc5)cc4)c4ccc(-c5ccccc5)c5oc6ccccc6c45)ccc23)cc1. The molecule has 0 saturated heterocycles. The number of hydrogen-bond acceptors (Lipinski definition) is 3. The third-order valence-corrected chi connectivity index (χ3v) is 12.1. The largest absolute Gasteiger partial charge is 0.456 e. The van der Waals surface area contributed by atoms with Crippen molar-refractivity contribution in [3.05, 3.63) is 224 Å². The van der Waals surface area contributed by atoms with Gasteiger partial charge in [-0.25, -0.2) is 0 Å². The highest BCUT2D eigenvalue weighted by Gasteiger charge is 2.23. The first-order valence-electron chi connectivity index (χ1n) is 20.7. The Hall–Kier alpha value is -8.14. The molecule has 3 nitrogen and oxygen atoms in total. The maximum atomic E-state index is 6.75. The second kappa shape index (κ2) is 14.3. The minimum Gasteiger partial charge on any atom is -0.456 e. The van der Waals surface area contributed by atoms with E-state index < -0.39 is 0 Å². The molecule has 0 amide bonds. The molecule has 0 atom stereocenters. The second-order valence-electron chi connectivity index (χ2n) is 15.7. The third kappa shape index (κ3) is 6.06. The van der Waals surface area contributed by atoms with Gasteiger partial charge in [0.25, 0.3) is 0 Å². The first kappa shape index (κ1) is 34.9. The number of nitrogens with zero attached hydrogens (tertiary/aromatic N) is 1. The van der Waals surface area contributed by atoms with E-state index in [0.717, 1.165) is 94.3 Å². The van der Waals surface area contributed by atoms with Crippen LogP contribution in [0.5, 0.6) is 0 Å². The molecule has 10 aromatic carbocycles. The molecule has 0 unspecified atom stereocenters. The maximum Gasteiger partial charge on any atom is 0.145 e. The van der Waals surface area contributed by atoms with Crippen LogP contribution < -0.4 is 4.90 Å². The Morgan fingerprint density at radius 1 is 0.295 bits per heavy atom. The normalized spacial score (nSPS) is 11.6. The summed E-state index contributed by atoms with van der Waals surface area (Å²) in [7, 11) is 0. The van der Waals surface area contributed by atoms with Gasteiger partial charge in [-0.05, 0) is 110 Å². The first-order chi connectivity index (χ1) is 30.2. The number of benzene rings is 10. The van der Waals surface area contributed by atoms with E-state index in [1.807, 2.05) is 12.1 Å². The van der Waals surface area contributed by atoms with E-state index in [1.165, 1.54) is 21.9 Å². The molecule has 12 aromatic rings. The summed E-state index contributed by atoms with van der Waals surface area (Å²) >= 11 is 0. The molecule has 0 aliphatic carbocycles. The predicted molar refractivity (Wildman–Crippen MR) is 255 cm³/mol. The number of para-hydroxylation sites is 1. The van der Waals surface area contributed by atoms with Crippen molar-refractivity contribution in [2.75, 3.05) is 4.90 Å². The summed E-state index contributed by atoms with van der Waals surface area (Å²) in [5.74, 6) is 0. The molecule has 0 fully saturated rings. The quantitative estimate of drug-likeness (QED) is 0.161. The number of rotatable bonds is 7. The Kier molecular flexibility index (Phi) is 8.17. The summed E-state index contributed by atoms with van der Waals surface area (Å²) in [5, 5.41) is 6.80. The molecule has 286 valence electrons. The molecule has 3 heteroatoms. The van der Waals surface area contributed by atoms with Gasteiger partial charge in [0.1, 0.15) is 22.3 Å². The highest BCUT2D eigenvalue weighted by Crippen LogP contribution is 2.47. The standard InChI is InChI=1S/C58H37NO2/c1-3-11-38(12-4-1)46-27-31-50-51-32-30-48(37-56(51)60-55(50)36-46)59(53-34-33-49(43-14-5-2-6-15-43)58-57(53)52-17-9-10-18-54(52)61-58)47-28-25-41(26-29-47)40-19-21-42(22-20-40)45-24-23-39-13-7-8-16-44(39)35-45/h1-37H. The van der Waals surface area contributed by atoms with E-state index in [9.17, 15) is 0 Å². The highest BCUT2D eigenvalue weighted by molar-refractivity contribution is 6.17. The van der Waals surface area contributed by atoms with Crippen molar-refractivity contribution in [2.45, 2.75) is 0 Å². The minimum atomic E-state index is 0.833. The van der Waals surface area contributed by atoms with Gasteiger partial charge in [-0.3, -0.25) is 0 Å². The van der Waals surface area contributed by atoms with Crippen LogP contribution in [0.2, 0.25) is 0 Å². The third-order valence-electron chi connectivity index (χ3n) is 12.1. The Labute approximate surface area is 353 Å². The van der Waals surface area contributed by atoms with Crippen LogP contribution in [0.1, 0.15) is 0 Å². The summed E-state index contributed by atoms with van der Waals surface area (Å²) in [4.78, 5) is 2.34. The lowest BCUT2D eigenvalue weighted by molar-refractivity contribution is 0.669. The fraction of sp³-hybridized carbons (Fsp3) is 0. The van der Waals surface area contributed by atoms with Gasteiger partial charge in [0.05, 0.1) is 11.1 Å². The van der Waals surface area contributed by atoms with Gasteiger partial charge in [0.2, 0.25) is 0 Å². The predicted octanol–water partition coefficient (Wildman–Crippen LogP) is 16.8. The molecular weight excluding hydrogens is 743 g/mol. The average Bonchev–Trinajstić information content (AvgIpc) is 3.91. The van der Waals surface area contributed by atoms with Crippen LogP contribution in [-0.2, 0) is 0 Å². The zero-order valence-corrected chi connectivity index (χ0v) is 33.1. The van der Waals surface area contributed by atoms with E-state index in [2.05, 4.69) is 217 Å². The van der Waals surface area contributed by atoms with Gasteiger partial charge in [-0.1, -0.05) is 158 Å². The topological polar surface area (TPSA) is 29.5 Å². The molecule has 0 bridgehead atoms. The van der Waals surface area contributed by atoms with Crippen molar-refractivity contribution in [2.24, 2.45) is 0 Å². The van der Waals surface area contributed by atoms with Crippen LogP contribution in [0.4, 0.5) is 17.1 Å². The molecule has 0 aliphatic rings. The van der Waals surface area contributed by atoms with Gasteiger partial charge in [-0.2, -0.15) is 0 Å². The van der Waals surface area contributed by atoms with Crippen molar-refractivity contribution in [3.63, 3.8) is 0 Å². The molecule has 0 spiro atoms. The van der Waals surface area contributed by atoms with Crippen molar-refractivity contribution in [1.82, 2.24) is 0 Å².